The monoisotopic (exact) mass is 617 g/mol. The summed E-state index contributed by atoms with van der Waals surface area (Å²) in [6.07, 6.45) is 0.719. The molecule has 0 heterocycles. The van der Waals surface area contributed by atoms with E-state index >= 15 is 0 Å². The molecule has 10 nitrogen and oxygen atoms in total. The van der Waals surface area contributed by atoms with Gasteiger partial charge in [-0.15, -0.1) is 0 Å². The summed E-state index contributed by atoms with van der Waals surface area (Å²) in [7, 11) is -0.197. The van der Waals surface area contributed by atoms with Gasteiger partial charge >= 0.3 is 0 Å². The van der Waals surface area contributed by atoms with E-state index in [1.807, 2.05) is 37.3 Å². The van der Waals surface area contributed by atoms with Gasteiger partial charge < -0.3 is 24.4 Å². The Labute approximate surface area is 252 Å². The molecule has 1 atom stereocenters. The van der Waals surface area contributed by atoms with E-state index in [0.717, 1.165) is 16.3 Å². The number of rotatable bonds is 14. The predicted molar refractivity (Wildman–Crippen MR) is 162 cm³/mol. The standard InChI is InChI=1S/C30H36ClN3O7S/c1-6-16-32-30(36)21(2)33(19-22-10-8-7-9-11-22)29(35)20-34(25-17-23(31)12-14-26(25)39-3)42(37,38)24-13-15-27(40-4)28(18-24)41-5/h7-15,17-18,21H,6,16,19-20H2,1-5H3,(H,32,36)/t21-/m1/s1. The Kier molecular flexibility index (Phi) is 11.5. The van der Waals surface area contributed by atoms with Crippen molar-refractivity contribution < 1.29 is 32.2 Å². The van der Waals surface area contributed by atoms with Gasteiger partial charge in [0.25, 0.3) is 10.0 Å². The number of nitrogens with zero attached hydrogens (tertiary/aromatic N) is 2. The van der Waals surface area contributed by atoms with E-state index in [1.165, 1.54) is 56.6 Å². The molecule has 0 bridgehead atoms. The van der Waals surface area contributed by atoms with Crippen molar-refractivity contribution in [1.82, 2.24) is 10.2 Å². The highest BCUT2D eigenvalue weighted by Gasteiger charge is 2.34. The Balaban J connectivity index is 2.13. The second-order valence-electron chi connectivity index (χ2n) is 9.32. The number of halogens is 1. The number of ether oxygens (including phenoxy) is 3. The zero-order valence-corrected chi connectivity index (χ0v) is 25.9. The molecule has 3 aromatic carbocycles. The van der Waals surface area contributed by atoms with Crippen LogP contribution in [0.4, 0.5) is 5.69 Å². The van der Waals surface area contributed by atoms with E-state index in [1.54, 1.807) is 13.0 Å². The van der Waals surface area contributed by atoms with Gasteiger partial charge in [-0.3, -0.25) is 13.9 Å². The molecule has 0 saturated carbocycles. The molecule has 0 radical (unpaired) electrons. The summed E-state index contributed by atoms with van der Waals surface area (Å²) in [4.78, 5) is 28.2. The number of benzene rings is 3. The van der Waals surface area contributed by atoms with Crippen molar-refractivity contribution in [1.29, 1.82) is 0 Å². The lowest BCUT2D eigenvalue weighted by molar-refractivity contribution is -0.139. The lowest BCUT2D eigenvalue weighted by atomic mass is 10.1. The fourth-order valence-electron chi connectivity index (χ4n) is 4.23. The molecule has 2 amide bonds. The zero-order chi connectivity index (χ0) is 30.9. The van der Waals surface area contributed by atoms with Crippen LogP contribution in [0.2, 0.25) is 5.02 Å². The number of carbonyl (C=O) groups is 2. The van der Waals surface area contributed by atoms with Crippen LogP contribution in [-0.4, -0.2) is 65.6 Å². The molecule has 0 saturated heterocycles. The number of sulfonamides is 1. The molecule has 0 spiro atoms. The van der Waals surface area contributed by atoms with Crippen LogP contribution in [0.5, 0.6) is 17.2 Å². The number of methoxy groups -OCH3 is 3. The minimum absolute atomic E-state index is 0.0517. The summed E-state index contributed by atoms with van der Waals surface area (Å²) in [6, 6.07) is 16.9. The summed E-state index contributed by atoms with van der Waals surface area (Å²) in [5.74, 6) is -0.255. The molecular weight excluding hydrogens is 582 g/mol. The highest BCUT2D eigenvalue weighted by Crippen LogP contribution is 2.37. The molecular formula is C30H36ClN3O7S. The molecule has 1 N–H and O–H groups in total. The summed E-state index contributed by atoms with van der Waals surface area (Å²) >= 11 is 6.29. The van der Waals surface area contributed by atoms with Crippen molar-refractivity contribution in [2.45, 2.75) is 37.8 Å². The highest BCUT2D eigenvalue weighted by atomic mass is 35.5. The fourth-order valence-corrected chi connectivity index (χ4v) is 5.83. The van der Waals surface area contributed by atoms with Crippen LogP contribution in [0.1, 0.15) is 25.8 Å². The predicted octanol–water partition coefficient (Wildman–Crippen LogP) is 4.50. The molecule has 226 valence electrons. The summed E-state index contributed by atoms with van der Waals surface area (Å²) in [6.45, 7) is 3.41. The van der Waals surface area contributed by atoms with Crippen LogP contribution >= 0.6 is 11.6 Å². The average molecular weight is 618 g/mol. The third-order valence-corrected chi connectivity index (χ3v) is 8.53. The summed E-state index contributed by atoms with van der Waals surface area (Å²) in [5.41, 5.74) is 0.825. The second kappa shape index (κ2) is 14.8. The Morgan fingerprint density at radius 1 is 0.905 bits per heavy atom. The first-order valence-corrected chi connectivity index (χ1v) is 15.1. The molecule has 0 unspecified atom stereocenters. The van der Waals surface area contributed by atoms with Gasteiger partial charge in [-0.2, -0.15) is 0 Å². The van der Waals surface area contributed by atoms with Crippen molar-refractivity contribution >= 4 is 39.1 Å². The van der Waals surface area contributed by atoms with Gasteiger partial charge in [0, 0.05) is 24.2 Å². The summed E-state index contributed by atoms with van der Waals surface area (Å²) < 4.78 is 45.4. The molecule has 0 aliphatic rings. The maximum atomic E-state index is 14.2. The number of amides is 2. The second-order valence-corrected chi connectivity index (χ2v) is 11.6. The maximum absolute atomic E-state index is 14.2. The van der Waals surface area contributed by atoms with Crippen molar-refractivity contribution in [2.24, 2.45) is 0 Å². The molecule has 3 aromatic rings. The van der Waals surface area contributed by atoms with Gasteiger partial charge in [0.2, 0.25) is 11.8 Å². The molecule has 0 fully saturated rings. The maximum Gasteiger partial charge on any atom is 0.265 e. The van der Waals surface area contributed by atoms with Gasteiger partial charge in [-0.25, -0.2) is 8.42 Å². The Hall–Kier alpha value is -3.96. The topological polar surface area (TPSA) is 114 Å². The SMILES string of the molecule is CCCNC(=O)[C@@H](C)N(Cc1ccccc1)C(=O)CN(c1cc(Cl)ccc1OC)S(=O)(=O)c1ccc(OC)c(OC)c1. The molecule has 42 heavy (non-hydrogen) atoms. The van der Waals surface area contributed by atoms with E-state index in [4.69, 9.17) is 25.8 Å². The number of carbonyl (C=O) groups excluding carboxylic acids is 2. The van der Waals surface area contributed by atoms with Crippen molar-refractivity contribution in [2.75, 3.05) is 38.7 Å². The quantitative estimate of drug-likeness (QED) is 0.283. The lowest BCUT2D eigenvalue weighted by Gasteiger charge is -2.32. The van der Waals surface area contributed by atoms with Gasteiger partial charge in [0.05, 0.1) is 31.9 Å². The first-order valence-electron chi connectivity index (χ1n) is 13.3. The molecule has 3 rings (SSSR count). The molecule has 0 aliphatic heterocycles. The van der Waals surface area contributed by atoms with E-state index in [0.29, 0.717) is 12.3 Å². The van der Waals surface area contributed by atoms with Crippen LogP contribution in [0.15, 0.2) is 71.6 Å². The van der Waals surface area contributed by atoms with E-state index in [2.05, 4.69) is 5.32 Å². The van der Waals surface area contributed by atoms with Crippen molar-refractivity contribution in [3.05, 3.63) is 77.3 Å². The van der Waals surface area contributed by atoms with Crippen LogP contribution in [-0.2, 0) is 26.2 Å². The number of nitrogens with one attached hydrogen (secondary N) is 1. The third-order valence-electron chi connectivity index (χ3n) is 6.54. The average Bonchev–Trinajstić information content (AvgIpc) is 3.00. The third kappa shape index (κ3) is 7.65. The van der Waals surface area contributed by atoms with Crippen LogP contribution in [0.3, 0.4) is 0 Å². The van der Waals surface area contributed by atoms with E-state index < -0.39 is 28.5 Å². The molecule has 0 aromatic heterocycles. The fraction of sp³-hybridized carbons (Fsp3) is 0.333. The molecule has 12 heteroatoms. The van der Waals surface area contributed by atoms with Crippen molar-refractivity contribution in [3.8, 4) is 17.2 Å². The first-order chi connectivity index (χ1) is 20.1. The lowest BCUT2D eigenvalue weighted by Crippen LogP contribution is -2.51. The number of anilines is 1. The Morgan fingerprint density at radius 3 is 2.17 bits per heavy atom. The molecule has 0 aliphatic carbocycles. The highest BCUT2D eigenvalue weighted by molar-refractivity contribution is 7.92. The Bertz CT molecular complexity index is 1490. The summed E-state index contributed by atoms with van der Waals surface area (Å²) in [5, 5.41) is 3.05. The van der Waals surface area contributed by atoms with Gasteiger partial charge in [0.1, 0.15) is 18.3 Å². The largest absolute Gasteiger partial charge is 0.495 e. The smallest absolute Gasteiger partial charge is 0.265 e. The zero-order valence-electron chi connectivity index (χ0n) is 24.3. The number of hydrogen-bond donors (Lipinski definition) is 1. The van der Waals surface area contributed by atoms with Crippen LogP contribution in [0.25, 0.3) is 0 Å². The van der Waals surface area contributed by atoms with E-state index in [-0.39, 0.29) is 39.6 Å². The first kappa shape index (κ1) is 32.6. The van der Waals surface area contributed by atoms with Crippen molar-refractivity contribution in [3.63, 3.8) is 0 Å². The minimum Gasteiger partial charge on any atom is -0.495 e. The van der Waals surface area contributed by atoms with Crippen LogP contribution in [0, 0.1) is 0 Å². The van der Waals surface area contributed by atoms with Gasteiger partial charge in [-0.05, 0) is 49.2 Å². The van der Waals surface area contributed by atoms with Crippen LogP contribution < -0.4 is 23.8 Å². The van der Waals surface area contributed by atoms with E-state index in [9.17, 15) is 18.0 Å². The number of hydrogen-bond acceptors (Lipinski definition) is 7. The minimum atomic E-state index is -4.41. The Morgan fingerprint density at radius 2 is 1.55 bits per heavy atom. The normalized spacial score (nSPS) is 11.8. The van der Waals surface area contributed by atoms with Gasteiger partial charge in [0.15, 0.2) is 11.5 Å². The van der Waals surface area contributed by atoms with Gasteiger partial charge in [-0.1, -0.05) is 48.9 Å².